The van der Waals surface area contributed by atoms with Gasteiger partial charge in [0, 0.05) is 17.0 Å². The van der Waals surface area contributed by atoms with E-state index in [1.807, 2.05) is 37.3 Å². The molecule has 1 atom stereocenters. The second-order valence-electron chi connectivity index (χ2n) is 7.39. The van der Waals surface area contributed by atoms with E-state index in [1.54, 1.807) is 19.9 Å². The molecule has 1 aromatic heterocycles. The van der Waals surface area contributed by atoms with E-state index in [1.165, 1.54) is 6.07 Å². The van der Waals surface area contributed by atoms with Crippen molar-refractivity contribution >= 4 is 34.6 Å². The zero-order chi connectivity index (χ0) is 23.3. The Balaban J connectivity index is 1.73. The van der Waals surface area contributed by atoms with Crippen molar-refractivity contribution in [3.05, 3.63) is 74.6 Å². The molecule has 0 bridgehead atoms. The Kier molecular flexibility index (Phi) is 7.53. The quantitative estimate of drug-likeness (QED) is 0.302. The largest absolute Gasteiger partial charge is 0.445 e. The van der Waals surface area contributed by atoms with Gasteiger partial charge >= 0.3 is 17.7 Å². The molecule has 1 N–H and O–H groups in total. The molecule has 32 heavy (non-hydrogen) atoms. The van der Waals surface area contributed by atoms with E-state index < -0.39 is 23.7 Å². The summed E-state index contributed by atoms with van der Waals surface area (Å²) in [7, 11) is 0. The van der Waals surface area contributed by atoms with Crippen LogP contribution in [0.2, 0.25) is 5.02 Å². The third-order valence-electron chi connectivity index (χ3n) is 5.09. The van der Waals surface area contributed by atoms with Crippen molar-refractivity contribution in [3.63, 3.8) is 0 Å². The number of carbonyl (C=O) groups excluding carboxylic acids is 2. The molecule has 0 fully saturated rings. The second kappa shape index (κ2) is 10.3. The first-order valence-corrected chi connectivity index (χ1v) is 10.6. The van der Waals surface area contributed by atoms with Crippen LogP contribution in [0.1, 0.15) is 36.5 Å². The van der Waals surface area contributed by atoms with Gasteiger partial charge in [-0.15, -0.1) is 0 Å². The van der Waals surface area contributed by atoms with Gasteiger partial charge in [0.15, 0.2) is 5.75 Å². The topological polar surface area (TPSA) is 94.8 Å². The van der Waals surface area contributed by atoms with Crippen molar-refractivity contribution in [1.29, 1.82) is 0 Å². The lowest BCUT2D eigenvalue weighted by atomic mass is 10.1. The SMILES string of the molecule is CCC[C@H](NC(=O)OCc1ccccc1)C(=O)Oc1cc2oc(=O)c(C)c(C)c2cc1Cl. The molecular formula is C24H24ClNO6. The summed E-state index contributed by atoms with van der Waals surface area (Å²) in [6.07, 6.45) is 0.237. The van der Waals surface area contributed by atoms with Crippen LogP contribution in [0, 0.1) is 13.8 Å². The summed E-state index contributed by atoms with van der Waals surface area (Å²) in [4.78, 5) is 36.9. The number of amides is 1. The number of rotatable bonds is 7. The van der Waals surface area contributed by atoms with Crippen molar-refractivity contribution in [2.75, 3.05) is 0 Å². The van der Waals surface area contributed by atoms with Crippen LogP contribution in [-0.4, -0.2) is 18.1 Å². The molecule has 8 heteroatoms. The number of hydrogen-bond acceptors (Lipinski definition) is 6. The van der Waals surface area contributed by atoms with E-state index in [0.29, 0.717) is 23.8 Å². The highest BCUT2D eigenvalue weighted by Crippen LogP contribution is 2.32. The zero-order valence-corrected chi connectivity index (χ0v) is 18.8. The lowest BCUT2D eigenvalue weighted by Gasteiger charge is -2.17. The fraction of sp³-hybridized carbons (Fsp3) is 0.292. The maximum absolute atomic E-state index is 12.7. The van der Waals surface area contributed by atoms with Crippen LogP contribution in [0.25, 0.3) is 11.0 Å². The predicted octanol–water partition coefficient (Wildman–Crippen LogP) is 5.06. The Morgan fingerprint density at radius 3 is 2.53 bits per heavy atom. The van der Waals surface area contributed by atoms with Gasteiger partial charge in [-0.05, 0) is 37.5 Å². The average Bonchev–Trinajstić information content (AvgIpc) is 2.78. The number of esters is 1. The molecule has 1 amide bonds. The molecule has 0 saturated carbocycles. The van der Waals surface area contributed by atoms with Crippen LogP contribution in [0.5, 0.6) is 5.75 Å². The fourth-order valence-electron chi connectivity index (χ4n) is 3.15. The number of alkyl carbamates (subject to hydrolysis) is 1. The molecule has 0 unspecified atom stereocenters. The third kappa shape index (κ3) is 5.48. The van der Waals surface area contributed by atoms with Crippen molar-refractivity contribution in [3.8, 4) is 5.75 Å². The number of fused-ring (bicyclic) bond motifs is 1. The Labute approximate surface area is 190 Å². The van der Waals surface area contributed by atoms with Crippen LogP contribution < -0.4 is 15.7 Å². The summed E-state index contributed by atoms with van der Waals surface area (Å²) in [6.45, 7) is 5.41. The highest BCUT2D eigenvalue weighted by molar-refractivity contribution is 6.33. The van der Waals surface area contributed by atoms with E-state index in [0.717, 1.165) is 11.1 Å². The molecule has 2 aromatic carbocycles. The molecule has 0 spiro atoms. The first kappa shape index (κ1) is 23.3. The van der Waals surface area contributed by atoms with Crippen LogP contribution in [0.15, 0.2) is 51.7 Å². The first-order valence-electron chi connectivity index (χ1n) is 10.2. The Bertz CT molecular complexity index is 1190. The second-order valence-corrected chi connectivity index (χ2v) is 7.79. The van der Waals surface area contributed by atoms with Gasteiger partial charge in [-0.3, -0.25) is 0 Å². The van der Waals surface area contributed by atoms with Crippen LogP contribution in [0.3, 0.4) is 0 Å². The predicted molar refractivity (Wildman–Crippen MR) is 121 cm³/mol. The van der Waals surface area contributed by atoms with Gasteiger partial charge < -0.3 is 19.2 Å². The van der Waals surface area contributed by atoms with Gasteiger partial charge in [0.2, 0.25) is 0 Å². The van der Waals surface area contributed by atoms with Gasteiger partial charge in [0.25, 0.3) is 0 Å². The Hall–Kier alpha value is -3.32. The van der Waals surface area contributed by atoms with Crippen molar-refractivity contribution in [1.82, 2.24) is 5.32 Å². The summed E-state index contributed by atoms with van der Waals surface area (Å²) in [5.41, 5.74) is 1.84. The lowest BCUT2D eigenvalue weighted by Crippen LogP contribution is -2.43. The van der Waals surface area contributed by atoms with Gasteiger partial charge in [-0.1, -0.05) is 55.3 Å². The van der Waals surface area contributed by atoms with Crippen molar-refractivity contribution in [2.45, 2.75) is 46.3 Å². The molecule has 3 rings (SSSR count). The van der Waals surface area contributed by atoms with E-state index in [2.05, 4.69) is 5.32 Å². The average molecular weight is 458 g/mol. The maximum Gasteiger partial charge on any atom is 0.408 e. The van der Waals surface area contributed by atoms with Crippen LogP contribution in [0.4, 0.5) is 4.79 Å². The highest BCUT2D eigenvalue weighted by atomic mass is 35.5. The molecule has 0 aliphatic rings. The first-order chi connectivity index (χ1) is 15.3. The van der Waals surface area contributed by atoms with Crippen LogP contribution >= 0.6 is 11.6 Å². The van der Waals surface area contributed by atoms with Crippen molar-refractivity contribution in [2.24, 2.45) is 0 Å². The van der Waals surface area contributed by atoms with Crippen molar-refractivity contribution < 1.29 is 23.5 Å². The number of halogens is 1. The minimum absolute atomic E-state index is 0.0381. The summed E-state index contributed by atoms with van der Waals surface area (Å²) in [5.74, 6) is -0.660. The van der Waals surface area contributed by atoms with Gasteiger partial charge in [-0.2, -0.15) is 0 Å². The Morgan fingerprint density at radius 1 is 1.12 bits per heavy atom. The molecule has 7 nitrogen and oxygen atoms in total. The molecule has 3 aromatic rings. The summed E-state index contributed by atoms with van der Waals surface area (Å²) >= 11 is 6.31. The van der Waals surface area contributed by atoms with E-state index in [-0.39, 0.29) is 23.0 Å². The normalized spacial score (nSPS) is 11.8. The zero-order valence-electron chi connectivity index (χ0n) is 18.1. The molecular weight excluding hydrogens is 434 g/mol. The number of nitrogens with one attached hydrogen (secondary N) is 1. The molecule has 0 aliphatic heterocycles. The molecule has 0 saturated heterocycles. The van der Waals surface area contributed by atoms with E-state index in [4.69, 9.17) is 25.5 Å². The van der Waals surface area contributed by atoms with Crippen LogP contribution in [-0.2, 0) is 16.1 Å². The van der Waals surface area contributed by atoms with E-state index >= 15 is 0 Å². The number of benzene rings is 2. The van der Waals surface area contributed by atoms with Gasteiger partial charge in [-0.25, -0.2) is 14.4 Å². The van der Waals surface area contributed by atoms with Gasteiger partial charge in [0.05, 0.1) is 5.02 Å². The minimum atomic E-state index is -0.929. The third-order valence-corrected chi connectivity index (χ3v) is 5.38. The number of hydrogen-bond donors (Lipinski definition) is 1. The molecule has 1 heterocycles. The van der Waals surface area contributed by atoms with Gasteiger partial charge in [0.1, 0.15) is 18.2 Å². The molecule has 168 valence electrons. The monoisotopic (exact) mass is 457 g/mol. The van der Waals surface area contributed by atoms with E-state index in [9.17, 15) is 14.4 Å². The smallest absolute Gasteiger partial charge is 0.408 e. The summed E-state index contributed by atoms with van der Waals surface area (Å²) in [6, 6.07) is 11.3. The lowest BCUT2D eigenvalue weighted by molar-refractivity contribution is -0.136. The molecule has 0 aliphatic carbocycles. The number of carbonyl (C=O) groups is 2. The summed E-state index contributed by atoms with van der Waals surface area (Å²) in [5, 5.41) is 3.38. The maximum atomic E-state index is 12.7. The molecule has 0 radical (unpaired) electrons. The standard InChI is InChI=1S/C24H24ClNO6/c1-4-8-19(26-24(29)30-13-16-9-6-5-7-10-16)23(28)32-21-12-20-17(11-18(21)25)14(2)15(3)22(27)31-20/h5-7,9-12,19H,4,8,13H2,1-3H3,(H,26,29)/t19-/m0/s1. The highest BCUT2D eigenvalue weighted by Gasteiger charge is 2.24. The Morgan fingerprint density at radius 2 is 1.84 bits per heavy atom. The number of ether oxygens (including phenoxy) is 2. The summed E-state index contributed by atoms with van der Waals surface area (Å²) < 4.78 is 15.9. The fourth-order valence-corrected chi connectivity index (χ4v) is 3.35. The number of aryl methyl sites for hydroxylation is 1. The minimum Gasteiger partial charge on any atom is -0.445 e.